The van der Waals surface area contributed by atoms with Gasteiger partial charge in [0.25, 0.3) is 0 Å². The first-order chi connectivity index (χ1) is 8.31. The average molecular weight is 231 g/mol. The van der Waals surface area contributed by atoms with Crippen LogP contribution in [0.3, 0.4) is 0 Å². The fourth-order valence-corrected chi connectivity index (χ4v) is 3.34. The lowest BCUT2D eigenvalue weighted by Gasteiger charge is -2.18. The van der Waals surface area contributed by atoms with Gasteiger partial charge in [0.05, 0.1) is 0 Å². The highest BCUT2D eigenvalue weighted by atomic mass is 16.7. The summed E-state index contributed by atoms with van der Waals surface area (Å²) in [7, 11) is 0. The summed E-state index contributed by atoms with van der Waals surface area (Å²) in [6, 6.07) is 6.30. The normalized spacial score (nSPS) is 33.8. The van der Waals surface area contributed by atoms with E-state index in [0.717, 1.165) is 35.8 Å². The van der Waals surface area contributed by atoms with Crippen LogP contribution in [0.4, 0.5) is 0 Å². The van der Waals surface area contributed by atoms with Crippen LogP contribution in [-0.2, 0) is 6.54 Å². The van der Waals surface area contributed by atoms with Gasteiger partial charge in [-0.15, -0.1) is 0 Å². The molecule has 1 aromatic rings. The van der Waals surface area contributed by atoms with Gasteiger partial charge in [-0.1, -0.05) is 13.0 Å². The molecule has 3 heteroatoms. The van der Waals surface area contributed by atoms with E-state index in [1.165, 1.54) is 18.7 Å². The third-order valence-corrected chi connectivity index (χ3v) is 4.54. The molecule has 1 aromatic carbocycles. The lowest BCUT2D eigenvalue weighted by Crippen LogP contribution is -2.23. The van der Waals surface area contributed by atoms with Crippen LogP contribution in [0.1, 0.15) is 12.5 Å². The van der Waals surface area contributed by atoms with E-state index in [0.29, 0.717) is 6.79 Å². The van der Waals surface area contributed by atoms with E-state index >= 15 is 0 Å². The summed E-state index contributed by atoms with van der Waals surface area (Å²) in [6.45, 7) is 6.36. The van der Waals surface area contributed by atoms with E-state index in [-0.39, 0.29) is 0 Å². The Morgan fingerprint density at radius 2 is 1.94 bits per heavy atom. The molecule has 0 N–H and O–H groups in total. The van der Waals surface area contributed by atoms with Crippen molar-refractivity contribution in [1.29, 1.82) is 0 Å². The topological polar surface area (TPSA) is 21.7 Å². The molecule has 2 fully saturated rings. The number of likely N-dealkylation sites (tertiary alicyclic amines) is 1. The fourth-order valence-electron chi connectivity index (χ4n) is 3.34. The number of ether oxygens (including phenoxy) is 2. The van der Waals surface area contributed by atoms with Crippen LogP contribution in [0.5, 0.6) is 11.5 Å². The number of benzene rings is 1. The Kier molecular flexibility index (Phi) is 1.95. The molecule has 2 heterocycles. The molecule has 90 valence electrons. The van der Waals surface area contributed by atoms with Crippen molar-refractivity contribution in [3.63, 3.8) is 0 Å². The van der Waals surface area contributed by atoms with Crippen LogP contribution in [0.15, 0.2) is 18.2 Å². The SMILES string of the molecule is CC1C2CN(Cc3ccc4c(c3)OCO4)CC12. The van der Waals surface area contributed by atoms with Crippen LogP contribution in [0, 0.1) is 17.8 Å². The Morgan fingerprint density at radius 1 is 1.18 bits per heavy atom. The highest BCUT2D eigenvalue weighted by molar-refractivity contribution is 5.44. The van der Waals surface area contributed by atoms with Crippen molar-refractivity contribution >= 4 is 0 Å². The molecule has 2 atom stereocenters. The summed E-state index contributed by atoms with van der Waals surface area (Å²) in [4.78, 5) is 2.56. The smallest absolute Gasteiger partial charge is 0.231 e. The zero-order valence-electron chi connectivity index (χ0n) is 10.1. The maximum absolute atomic E-state index is 5.41. The zero-order chi connectivity index (χ0) is 11.4. The third-order valence-electron chi connectivity index (χ3n) is 4.54. The Balaban J connectivity index is 1.46. The molecule has 17 heavy (non-hydrogen) atoms. The molecular formula is C14H17NO2. The first kappa shape index (κ1) is 9.77. The van der Waals surface area contributed by atoms with Gasteiger partial charge in [0.15, 0.2) is 11.5 Å². The van der Waals surface area contributed by atoms with Crippen LogP contribution in [-0.4, -0.2) is 24.8 Å². The monoisotopic (exact) mass is 231 g/mol. The van der Waals surface area contributed by atoms with Gasteiger partial charge in [0, 0.05) is 19.6 Å². The van der Waals surface area contributed by atoms with Crippen molar-refractivity contribution < 1.29 is 9.47 Å². The number of piperidine rings is 1. The van der Waals surface area contributed by atoms with Crippen LogP contribution in [0.2, 0.25) is 0 Å². The Bertz CT molecular complexity index is 448. The first-order valence-electron chi connectivity index (χ1n) is 6.42. The van der Waals surface area contributed by atoms with Crippen LogP contribution < -0.4 is 9.47 Å². The van der Waals surface area contributed by atoms with Gasteiger partial charge in [-0.05, 0) is 35.4 Å². The second-order valence-electron chi connectivity index (χ2n) is 5.57. The van der Waals surface area contributed by atoms with Crippen molar-refractivity contribution in [3.8, 4) is 11.5 Å². The molecule has 0 aromatic heterocycles. The molecule has 0 spiro atoms. The molecular weight excluding hydrogens is 214 g/mol. The summed E-state index contributed by atoms with van der Waals surface area (Å²) < 4.78 is 10.7. The van der Waals surface area contributed by atoms with Gasteiger partial charge in [0.1, 0.15) is 0 Å². The largest absolute Gasteiger partial charge is 0.454 e. The van der Waals surface area contributed by atoms with E-state index in [2.05, 4.69) is 24.0 Å². The minimum absolute atomic E-state index is 0.365. The molecule has 3 aliphatic rings. The minimum atomic E-state index is 0.365. The van der Waals surface area contributed by atoms with Crippen molar-refractivity contribution in [2.75, 3.05) is 19.9 Å². The van der Waals surface area contributed by atoms with Gasteiger partial charge in [-0.2, -0.15) is 0 Å². The van der Waals surface area contributed by atoms with Gasteiger partial charge < -0.3 is 9.47 Å². The quantitative estimate of drug-likeness (QED) is 0.778. The minimum Gasteiger partial charge on any atom is -0.454 e. The predicted octanol–water partition coefficient (Wildman–Crippen LogP) is 2.11. The van der Waals surface area contributed by atoms with Gasteiger partial charge >= 0.3 is 0 Å². The van der Waals surface area contributed by atoms with Crippen LogP contribution >= 0.6 is 0 Å². The highest BCUT2D eigenvalue weighted by Gasteiger charge is 2.52. The summed E-state index contributed by atoms with van der Waals surface area (Å²) in [5.41, 5.74) is 1.34. The first-order valence-corrected chi connectivity index (χ1v) is 6.42. The lowest BCUT2D eigenvalue weighted by molar-refractivity contribution is 0.174. The number of hydrogen-bond acceptors (Lipinski definition) is 3. The molecule has 0 radical (unpaired) electrons. The van der Waals surface area contributed by atoms with Gasteiger partial charge in [-0.25, -0.2) is 0 Å². The molecule has 2 unspecified atom stereocenters. The summed E-state index contributed by atoms with van der Waals surface area (Å²) in [5.74, 6) is 4.71. The predicted molar refractivity (Wildman–Crippen MR) is 64.0 cm³/mol. The van der Waals surface area contributed by atoms with Gasteiger partial charge in [0.2, 0.25) is 6.79 Å². The molecule has 2 aliphatic heterocycles. The van der Waals surface area contributed by atoms with E-state index < -0.39 is 0 Å². The maximum Gasteiger partial charge on any atom is 0.231 e. The number of nitrogens with zero attached hydrogens (tertiary/aromatic N) is 1. The lowest BCUT2D eigenvalue weighted by atomic mass is 10.2. The molecule has 0 bridgehead atoms. The van der Waals surface area contributed by atoms with Crippen molar-refractivity contribution in [2.45, 2.75) is 13.5 Å². The number of rotatable bonds is 2. The average Bonchev–Trinajstić information content (AvgIpc) is 2.79. The van der Waals surface area contributed by atoms with E-state index in [4.69, 9.17) is 9.47 Å². The molecule has 1 saturated heterocycles. The second-order valence-corrected chi connectivity index (χ2v) is 5.57. The molecule has 4 rings (SSSR count). The Labute approximate surface area is 101 Å². The van der Waals surface area contributed by atoms with Crippen molar-refractivity contribution in [3.05, 3.63) is 23.8 Å². The highest BCUT2D eigenvalue weighted by Crippen LogP contribution is 2.51. The zero-order valence-corrected chi connectivity index (χ0v) is 10.1. The Hall–Kier alpha value is -1.22. The van der Waals surface area contributed by atoms with E-state index in [1.807, 2.05) is 6.07 Å². The summed E-state index contributed by atoms with van der Waals surface area (Å²) in [6.07, 6.45) is 0. The second kappa shape index (κ2) is 3.39. The Morgan fingerprint density at radius 3 is 2.76 bits per heavy atom. The van der Waals surface area contributed by atoms with Crippen molar-refractivity contribution in [1.82, 2.24) is 4.90 Å². The molecule has 1 aliphatic carbocycles. The third kappa shape index (κ3) is 1.53. The molecule has 1 saturated carbocycles. The van der Waals surface area contributed by atoms with Crippen LogP contribution in [0.25, 0.3) is 0 Å². The molecule has 3 nitrogen and oxygen atoms in total. The van der Waals surface area contributed by atoms with Crippen molar-refractivity contribution in [2.24, 2.45) is 17.8 Å². The van der Waals surface area contributed by atoms with E-state index in [9.17, 15) is 0 Å². The molecule has 0 amide bonds. The maximum atomic E-state index is 5.41. The summed E-state index contributed by atoms with van der Waals surface area (Å²) in [5, 5.41) is 0. The van der Waals surface area contributed by atoms with E-state index in [1.54, 1.807) is 0 Å². The standard InChI is InChI=1S/C14H17NO2/c1-9-11-6-15(7-12(9)11)5-10-2-3-13-14(4-10)17-8-16-13/h2-4,9,11-12H,5-8H2,1H3. The number of fused-ring (bicyclic) bond motifs is 2. The summed E-state index contributed by atoms with van der Waals surface area (Å²) >= 11 is 0. The fraction of sp³-hybridized carbons (Fsp3) is 0.571. The number of hydrogen-bond donors (Lipinski definition) is 0. The van der Waals surface area contributed by atoms with Gasteiger partial charge in [-0.3, -0.25) is 4.90 Å².